The molecule has 0 saturated heterocycles. The summed E-state index contributed by atoms with van der Waals surface area (Å²) in [5, 5.41) is 10.7. The van der Waals surface area contributed by atoms with Crippen LogP contribution in [0.3, 0.4) is 0 Å². The SMILES string of the molecule is C=CC[C@]1(C)C(CCC(COc2ccccc2)O[Si](C)(C)C(C)(C)C)=CC[C@@H]1O. The summed E-state index contributed by atoms with van der Waals surface area (Å²) in [5.41, 5.74) is 1.12. The zero-order valence-corrected chi connectivity index (χ0v) is 20.2. The molecular formula is C25H40O3Si. The van der Waals surface area contributed by atoms with Crippen LogP contribution >= 0.6 is 0 Å². The Labute approximate surface area is 179 Å². The van der Waals surface area contributed by atoms with Gasteiger partial charge in [0, 0.05) is 5.41 Å². The number of rotatable bonds is 10. The van der Waals surface area contributed by atoms with Gasteiger partial charge in [0.15, 0.2) is 8.32 Å². The number of hydrogen-bond acceptors (Lipinski definition) is 3. The van der Waals surface area contributed by atoms with E-state index in [9.17, 15) is 5.11 Å². The maximum atomic E-state index is 10.5. The van der Waals surface area contributed by atoms with Crippen LogP contribution in [0.1, 0.15) is 53.4 Å². The molecule has 162 valence electrons. The molecule has 0 saturated carbocycles. The van der Waals surface area contributed by atoms with Crippen LogP contribution in [-0.4, -0.2) is 32.2 Å². The average molecular weight is 417 g/mol. The zero-order chi connectivity index (χ0) is 21.7. The Morgan fingerprint density at radius 3 is 2.52 bits per heavy atom. The molecule has 0 aliphatic heterocycles. The van der Waals surface area contributed by atoms with E-state index in [-0.39, 0.29) is 22.7 Å². The molecule has 1 aliphatic carbocycles. The maximum Gasteiger partial charge on any atom is 0.192 e. The van der Waals surface area contributed by atoms with E-state index in [1.54, 1.807) is 0 Å². The Hall–Kier alpha value is -1.36. The van der Waals surface area contributed by atoms with Gasteiger partial charge in [0.05, 0.1) is 12.2 Å². The quantitative estimate of drug-likeness (QED) is 0.349. The van der Waals surface area contributed by atoms with Gasteiger partial charge in [-0.2, -0.15) is 0 Å². The first-order valence-electron chi connectivity index (χ1n) is 10.8. The smallest absolute Gasteiger partial charge is 0.192 e. The minimum Gasteiger partial charge on any atom is -0.491 e. The van der Waals surface area contributed by atoms with Crippen molar-refractivity contribution in [3.05, 3.63) is 54.6 Å². The predicted octanol–water partition coefficient (Wildman–Crippen LogP) is 6.51. The Balaban J connectivity index is 2.09. The normalized spacial score (nSPS) is 23.6. The average Bonchev–Trinajstić information content (AvgIpc) is 2.92. The molecule has 0 radical (unpaired) electrons. The fourth-order valence-corrected chi connectivity index (χ4v) is 5.08. The van der Waals surface area contributed by atoms with Crippen LogP contribution in [0.2, 0.25) is 18.1 Å². The van der Waals surface area contributed by atoms with E-state index in [0.717, 1.165) is 31.4 Å². The summed E-state index contributed by atoms with van der Waals surface area (Å²) in [4.78, 5) is 0. The Morgan fingerprint density at radius 1 is 1.28 bits per heavy atom. The number of hydrogen-bond donors (Lipinski definition) is 1. The van der Waals surface area contributed by atoms with Crippen LogP contribution in [0.15, 0.2) is 54.6 Å². The summed E-state index contributed by atoms with van der Waals surface area (Å²) < 4.78 is 12.8. The van der Waals surface area contributed by atoms with Crippen LogP contribution in [0, 0.1) is 5.41 Å². The summed E-state index contributed by atoms with van der Waals surface area (Å²) in [6.07, 6.45) is 7.18. The van der Waals surface area contributed by atoms with Crippen molar-refractivity contribution >= 4 is 8.32 Å². The van der Waals surface area contributed by atoms with Gasteiger partial charge in [-0.15, -0.1) is 6.58 Å². The monoisotopic (exact) mass is 416 g/mol. The maximum absolute atomic E-state index is 10.5. The second-order valence-electron chi connectivity index (χ2n) is 10.1. The van der Waals surface area contributed by atoms with Gasteiger partial charge in [-0.3, -0.25) is 0 Å². The lowest BCUT2D eigenvalue weighted by atomic mass is 9.76. The molecule has 3 atom stereocenters. The second kappa shape index (κ2) is 9.63. The molecule has 1 unspecified atom stereocenters. The van der Waals surface area contributed by atoms with E-state index in [2.05, 4.69) is 53.4 Å². The van der Waals surface area contributed by atoms with Gasteiger partial charge in [0.2, 0.25) is 0 Å². The van der Waals surface area contributed by atoms with Crippen LogP contribution in [0.4, 0.5) is 0 Å². The van der Waals surface area contributed by atoms with Gasteiger partial charge in [0.1, 0.15) is 12.4 Å². The fourth-order valence-electron chi connectivity index (χ4n) is 3.71. The third kappa shape index (κ3) is 6.06. The van der Waals surface area contributed by atoms with E-state index in [1.807, 2.05) is 36.4 Å². The Morgan fingerprint density at radius 2 is 1.93 bits per heavy atom. The second-order valence-corrected chi connectivity index (χ2v) is 14.8. The van der Waals surface area contributed by atoms with Crippen molar-refractivity contribution in [2.75, 3.05) is 6.61 Å². The van der Waals surface area contributed by atoms with E-state index < -0.39 is 8.32 Å². The fraction of sp³-hybridized carbons (Fsp3) is 0.600. The Kier molecular flexibility index (Phi) is 7.94. The standard InChI is InChI=1S/C25H40O3Si/c1-8-18-25(5)20(15-17-23(25)26)14-16-22(28-29(6,7)24(2,3)4)19-27-21-12-10-9-11-13-21/h8-13,15,22-23,26H,1,14,16-19H2,2-7H3/t22?,23-,25+/m0/s1. The van der Waals surface area contributed by atoms with Crippen molar-refractivity contribution < 1.29 is 14.3 Å². The highest BCUT2D eigenvalue weighted by Gasteiger charge is 2.41. The molecule has 1 aromatic rings. The minimum atomic E-state index is -1.91. The van der Waals surface area contributed by atoms with E-state index in [4.69, 9.17) is 9.16 Å². The van der Waals surface area contributed by atoms with Gasteiger partial charge >= 0.3 is 0 Å². The summed E-state index contributed by atoms with van der Waals surface area (Å²) in [6, 6.07) is 9.95. The van der Waals surface area contributed by atoms with Gasteiger partial charge < -0.3 is 14.3 Å². The highest BCUT2D eigenvalue weighted by Crippen LogP contribution is 2.45. The molecule has 29 heavy (non-hydrogen) atoms. The molecule has 1 aromatic carbocycles. The van der Waals surface area contributed by atoms with Gasteiger partial charge in [0.25, 0.3) is 0 Å². The third-order valence-corrected chi connectivity index (χ3v) is 11.3. The van der Waals surface area contributed by atoms with Gasteiger partial charge in [-0.1, -0.05) is 63.6 Å². The third-order valence-electron chi connectivity index (χ3n) is 6.81. The molecule has 3 nitrogen and oxygen atoms in total. The molecule has 1 aliphatic rings. The van der Waals surface area contributed by atoms with Crippen LogP contribution in [0.25, 0.3) is 0 Å². The Bertz CT molecular complexity index is 690. The van der Waals surface area contributed by atoms with E-state index in [1.165, 1.54) is 5.57 Å². The van der Waals surface area contributed by atoms with Crippen molar-refractivity contribution in [2.24, 2.45) is 5.41 Å². The molecular weight excluding hydrogens is 376 g/mol. The van der Waals surface area contributed by atoms with Gasteiger partial charge in [-0.25, -0.2) is 0 Å². The molecule has 0 spiro atoms. The highest BCUT2D eigenvalue weighted by molar-refractivity contribution is 6.74. The number of benzene rings is 1. The van der Waals surface area contributed by atoms with Crippen molar-refractivity contribution in [3.63, 3.8) is 0 Å². The van der Waals surface area contributed by atoms with Crippen molar-refractivity contribution in [2.45, 2.75) is 83.7 Å². The van der Waals surface area contributed by atoms with Crippen molar-refractivity contribution in [1.82, 2.24) is 0 Å². The largest absolute Gasteiger partial charge is 0.491 e. The molecule has 0 fully saturated rings. The first-order chi connectivity index (χ1) is 13.5. The predicted molar refractivity (Wildman–Crippen MR) is 125 cm³/mol. The van der Waals surface area contributed by atoms with Gasteiger partial charge in [-0.05, 0) is 55.9 Å². The van der Waals surface area contributed by atoms with E-state index in [0.29, 0.717) is 6.61 Å². The first-order valence-corrected chi connectivity index (χ1v) is 13.7. The molecule has 0 bridgehead atoms. The lowest BCUT2D eigenvalue weighted by molar-refractivity contribution is 0.0743. The minimum absolute atomic E-state index is 0.0303. The molecule has 0 amide bonds. The van der Waals surface area contributed by atoms with Crippen LogP contribution < -0.4 is 4.74 Å². The van der Waals surface area contributed by atoms with Crippen molar-refractivity contribution in [1.29, 1.82) is 0 Å². The number of aliphatic hydroxyl groups is 1. The number of para-hydroxylation sites is 1. The highest BCUT2D eigenvalue weighted by atomic mass is 28.4. The lowest BCUT2D eigenvalue weighted by Crippen LogP contribution is -2.45. The van der Waals surface area contributed by atoms with Crippen molar-refractivity contribution in [3.8, 4) is 5.75 Å². The zero-order valence-electron chi connectivity index (χ0n) is 19.2. The number of ether oxygens (including phenoxy) is 1. The molecule has 4 heteroatoms. The molecule has 0 heterocycles. The number of aliphatic hydroxyl groups excluding tert-OH is 1. The molecule has 0 aromatic heterocycles. The first kappa shape index (κ1) is 23.9. The number of allylic oxidation sites excluding steroid dienone is 1. The topological polar surface area (TPSA) is 38.7 Å². The molecule has 1 N–H and O–H groups in total. The summed E-state index contributed by atoms with van der Waals surface area (Å²) in [5.74, 6) is 0.878. The summed E-state index contributed by atoms with van der Waals surface area (Å²) in [7, 11) is -1.91. The van der Waals surface area contributed by atoms with Crippen LogP contribution in [0.5, 0.6) is 5.75 Å². The lowest BCUT2D eigenvalue weighted by Gasteiger charge is -2.39. The van der Waals surface area contributed by atoms with E-state index >= 15 is 0 Å². The summed E-state index contributed by atoms with van der Waals surface area (Å²) in [6.45, 7) is 18.0. The summed E-state index contributed by atoms with van der Waals surface area (Å²) >= 11 is 0. The molecule has 2 rings (SSSR count). The van der Waals surface area contributed by atoms with Crippen LogP contribution in [-0.2, 0) is 4.43 Å².